The van der Waals surface area contributed by atoms with E-state index in [0.29, 0.717) is 18.0 Å². The van der Waals surface area contributed by atoms with E-state index in [-0.39, 0.29) is 5.91 Å². The minimum atomic E-state index is 0.0963. The molecule has 0 saturated heterocycles. The Morgan fingerprint density at radius 1 is 1.03 bits per heavy atom. The van der Waals surface area contributed by atoms with Gasteiger partial charge in [0.1, 0.15) is 5.82 Å². The zero-order valence-electron chi connectivity index (χ0n) is 18.7. The number of carbonyl (C=O) groups excluding carboxylic acids is 1. The van der Waals surface area contributed by atoms with Crippen molar-refractivity contribution in [2.24, 2.45) is 0 Å². The number of aromatic nitrogens is 3. The molecular weight excluding hydrogens is 434 g/mol. The number of halogens is 1. The quantitative estimate of drug-likeness (QED) is 0.314. The van der Waals surface area contributed by atoms with Crippen molar-refractivity contribution in [3.8, 4) is 11.3 Å². The molecule has 0 atom stereocenters. The summed E-state index contributed by atoms with van der Waals surface area (Å²) >= 11 is 6.40. The number of rotatable bonds is 10. The normalized spacial score (nSPS) is 11.0. The first-order valence-corrected chi connectivity index (χ1v) is 11.6. The molecule has 0 saturated carbocycles. The third-order valence-electron chi connectivity index (χ3n) is 5.51. The van der Waals surface area contributed by atoms with Crippen LogP contribution in [-0.4, -0.2) is 33.6 Å². The monoisotopic (exact) mass is 461 g/mol. The van der Waals surface area contributed by atoms with E-state index in [0.717, 1.165) is 54.1 Å². The van der Waals surface area contributed by atoms with Crippen molar-refractivity contribution in [1.82, 2.24) is 19.9 Å². The van der Waals surface area contributed by atoms with Crippen LogP contribution in [-0.2, 0) is 11.2 Å². The minimum Gasteiger partial charge on any atom is -0.370 e. The number of anilines is 1. The third-order valence-corrected chi connectivity index (χ3v) is 5.84. The Labute approximate surface area is 199 Å². The van der Waals surface area contributed by atoms with Gasteiger partial charge in [0.25, 0.3) is 0 Å². The molecule has 0 spiro atoms. The lowest BCUT2D eigenvalue weighted by atomic mass is 10.1. The van der Waals surface area contributed by atoms with E-state index in [4.69, 9.17) is 16.6 Å². The summed E-state index contributed by atoms with van der Waals surface area (Å²) in [5.74, 6) is 0.967. The van der Waals surface area contributed by atoms with E-state index in [2.05, 4.69) is 15.7 Å². The van der Waals surface area contributed by atoms with E-state index in [1.54, 1.807) is 0 Å². The van der Waals surface area contributed by atoms with Gasteiger partial charge in [-0.3, -0.25) is 4.79 Å². The zero-order chi connectivity index (χ0) is 23.0. The van der Waals surface area contributed by atoms with E-state index in [1.807, 2.05) is 78.3 Å². The van der Waals surface area contributed by atoms with Crippen LogP contribution in [0.3, 0.4) is 0 Å². The second-order valence-corrected chi connectivity index (χ2v) is 8.45. The van der Waals surface area contributed by atoms with Gasteiger partial charge in [0.2, 0.25) is 5.91 Å². The predicted molar refractivity (Wildman–Crippen MR) is 134 cm³/mol. The van der Waals surface area contributed by atoms with Crippen molar-refractivity contribution in [1.29, 1.82) is 0 Å². The molecule has 0 radical (unpaired) electrons. The molecule has 170 valence electrons. The molecule has 0 aliphatic rings. The molecule has 0 bridgehead atoms. The van der Waals surface area contributed by atoms with Gasteiger partial charge < -0.3 is 10.6 Å². The number of carbonyl (C=O) groups is 1. The summed E-state index contributed by atoms with van der Waals surface area (Å²) in [4.78, 5) is 16.8. The molecule has 6 nitrogen and oxygen atoms in total. The Morgan fingerprint density at radius 3 is 2.61 bits per heavy atom. The first-order chi connectivity index (χ1) is 16.1. The molecule has 1 amide bonds. The van der Waals surface area contributed by atoms with Crippen LogP contribution in [0.4, 0.5) is 5.82 Å². The molecule has 33 heavy (non-hydrogen) atoms. The number of amides is 1. The standard InChI is InChI=1S/C26H28ClN5O/c1-19-18-30-32-24(17-23(31-26(19)32)21-11-5-6-12-22(21)27)28-15-7-8-16-29-25(33)14-13-20-9-3-2-4-10-20/h2-6,9-12,17-18,28H,7-8,13-16H2,1H3,(H,29,33). The molecule has 0 aliphatic carbocycles. The lowest BCUT2D eigenvalue weighted by molar-refractivity contribution is -0.121. The molecule has 7 heteroatoms. The Balaban J connectivity index is 1.29. The number of nitrogens with zero attached hydrogens (tertiary/aromatic N) is 3. The molecule has 2 N–H and O–H groups in total. The van der Waals surface area contributed by atoms with Crippen molar-refractivity contribution < 1.29 is 4.79 Å². The molecule has 2 heterocycles. The van der Waals surface area contributed by atoms with Crippen molar-refractivity contribution in [2.75, 3.05) is 18.4 Å². The van der Waals surface area contributed by atoms with Gasteiger partial charge in [-0.2, -0.15) is 9.61 Å². The van der Waals surface area contributed by atoms with Gasteiger partial charge in [-0.15, -0.1) is 0 Å². The molecule has 0 fully saturated rings. The lowest BCUT2D eigenvalue weighted by Gasteiger charge is -2.12. The van der Waals surface area contributed by atoms with Gasteiger partial charge in [0, 0.05) is 41.7 Å². The maximum atomic E-state index is 12.1. The number of fused-ring (bicyclic) bond motifs is 1. The average molecular weight is 462 g/mol. The first kappa shape index (κ1) is 22.8. The Morgan fingerprint density at radius 2 is 1.79 bits per heavy atom. The summed E-state index contributed by atoms with van der Waals surface area (Å²) < 4.78 is 1.82. The fourth-order valence-electron chi connectivity index (χ4n) is 3.69. The second-order valence-electron chi connectivity index (χ2n) is 8.04. The van der Waals surface area contributed by atoms with Crippen LogP contribution in [0, 0.1) is 6.92 Å². The maximum absolute atomic E-state index is 12.1. The third kappa shape index (κ3) is 5.90. The van der Waals surface area contributed by atoms with Crippen LogP contribution >= 0.6 is 11.6 Å². The molecular formula is C26H28ClN5O. The highest BCUT2D eigenvalue weighted by Gasteiger charge is 2.12. The number of unbranched alkanes of at least 4 members (excludes halogenated alkanes) is 1. The smallest absolute Gasteiger partial charge is 0.220 e. The highest BCUT2D eigenvalue weighted by atomic mass is 35.5. The summed E-state index contributed by atoms with van der Waals surface area (Å²) in [5.41, 5.74) is 4.70. The van der Waals surface area contributed by atoms with E-state index >= 15 is 0 Å². The van der Waals surface area contributed by atoms with Crippen LogP contribution < -0.4 is 10.6 Å². The molecule has 0 unspecified atom stereocenters. The van der Waals surface area contributed by atoms with Gasteiger partial charge >= 0.3 is 0 Å². The van der Waals surface area contributed by atoms with Crippen molar-refractivity contribution in [2.45, 2.75) is 32.6 Å². The fraction of sp³-hybridized carbons (Fsp3) is 0.269. The number of hydrogen-bond acceptors (Lipinski definition) is 4. The predicted octanol–water partition coefficient (Wildman–Crippen LogP) is 5.30. The Kier molecular flexibility index (Phi) is 7.58. The largest absolute Gasteiger partial charge is 0.370 e. The van der Waals surface area contributed by atoms with E-state index in [1.165, 1.54) is 5.56 Å². The molecule has 2 aromatic carbocycles. The minimum absolute atomic E-state index is 0.0963. The maximum Gasteiger partial charge on any atom is 0.220 e. The van der Waals surface area contributed by atoms with Gasteiger partial charge in [0.05, 0.1) is 11.9 Å². The van der Waals surface area contributed by atoms with Gasteiger partial charge in [-0.1, -0.05) is 60.1 Å². The van der Waals surface area contributed by atoms with Crippen LogP contribution in [0.15, 0.2) is 66.9 Å². The topological polar surface area (TPSA) is 71.3 Å². The summed E-state index contributed by atoms with van der Waals surface area (Å²) in [6.45, 7) is 3.43. The Hall–Kier alpha value is -3.38. The summed E-state index contributed by atoms with van der Waals surface area (Å²) in [7, 11) is 0. The number of aryl methyl sites for hydroxylation is 2. The van der Waals surface area contributed by atoms with Crippen molar-refractivity contribution >= 4 is 29.0 Å². The van der Waals surface area contributed by atoms with Gasteiger partial charge in [0.15, 0.2) is 5.65 Å². The zero-order valence-corrected chi connectivity index (χ0v) is 19.5. The van der Waals surface area contributed by atoms with Crippen LogP contribution in [0.5, 0.6) is 0 Å². The van der Waals surface area contributed by atoms with Crippen molar-refractivity contribution in [3.63, 3.8) is 0 Å². The van der Waals surface area contributed by atoms with Crippen molar-refractivity contribution in [3.05, 3.63) is 83.0 Å². The molecule has 2 aromatic heterocycles. The number of nitrogens with one attached hydrogen (secondary N) is 2. The summed E-state index contributed by atoms with van der Waals surface area (Å²) in [6, 6.07) is 19.8. The average Bonchev–Trinajstić information content (AvgIpc) is 3.21. The highest BCUT2D eigenvalue weighted by molar-refractivity contribution is 6.33. The van der Waals surface area contributed by atoms with Gasteiger partial charge in [-0.05, 0) is 37.8 Å². The SMILES string of the molecule is Cc1cnn2c(NCCCCNC(=O)CCc3ccccc3)cc(-c3ccccc3Cl)nc12. The van der Waals surface area contributed by atoms with E-state index in [9.17, 15) is 4.79 Å². The van der Waals surface area contributed by atoms with E-state index < -0.39 is 0 Å². The van der Waals surface area contributed by atoms with Crippen LogP contribution in [0.2, 0.25) is 5.02 Å². The van der Waals surface area contributed by atoms with Crippen LogP contribution in [0.25, 0.3) is 16.9 Å². The molecule has 0 aliphatic heterocycles. The highest BCUT2D eigenvalue weighted by Crippen LogP contribution is 2.29. The lowest BCUT2D eigenvalue weighted by Crippen LogP contribution is -2.25. The fourth-order valence-corrected chi connectivity index (χ4v) is 3.92. The Bertz CT molecular complexity index is 1220. The summed E-state index contributed by atoms with van der Waals surface area (Å²) in [5, 5.41) is 11.6. The molecule has 4 rings (SSSR count). The van der Waals surface area contributed by atoms with Crippen LogP contribution in [0.1, 0.15) is 30.4 Å². The second kappa shape index (κ2) is 11.0. The van der Waals surface area contributed by atoms with Gasteiger partial charge in [-0.25, -0.2) is 4.98 Å². The molecule has 4 aromatic rings. The number of hydrogen-bond donors (Lipinski definition) is 2. The summed E-state index contributed by atoms with van der Waals surface area (Å²) in [6.07, 6.45) is 4.91. The first-order valence-electron chi connectivity index (χ1n) is 11.3. The number of benzene rings is 2.